The molecule has 1 aromatic heterocycles. The second-order valence-corrected chi connectivity index (χ2v) is 4.93. The first-order valence-electron chi connectivity index (χ1n) is 6.50. The average molecular weight is 305 g/mol. The number of halogens is 1. The maximum Gasteiger partial charge on any atom is 0.251 e. The van der Waals surface area contributed by atoms with E-state index in [0.29, 0.717) is 41.8 Å². The number of benzene rings is 1. The van der Waals surface area contributed by atoms with E-state index in [2.05, 4.69) is 10.3 Å². The van der Waals surface area contributed by atoms with Gasteiger partial charge in [0, 0.05) is 24.5 Å². The Hall–Kier alpha value is -2.27. The molecule has 6 heteroatoms. The summed E-state index contributed by atoms with van der Waals surface area (Å²) < 4.78 is 10.9. The molecule has 2 heterocycles. The van der Waals surface area contributed by atoms with Crippen LogP contribution in [0.2, 0.25) is 5.02 Å². The number of amides is 1. The van der Waals surface area contributed by atoms with Crippen LogP contribution >= 0.6 is 11.6 Å². The third kappa shape index (κ3) is 3.08. The lowest BCUT2D eigenvalue weighted by molar-refractivity contribution is 0.0949. The SMILES string of the molecule is O=C(NCc1ccncc1)c1cc(Cl)c2c(c1)OCCO2. The number of rotatable bonds is 3. The molecular weight excluding hydrogens is 292 g/mol. The van der Waals surface area contributed by atoms with E-state index in [4.69, 9.17) is 21.1 Å². The Bertz CT molecular complexity index is 661. The summed E-state index contributed by atoms with van der Waals surface area (Å²) in [5.41, 5.74) is 1.42. The number of ether oxygens (including phenoxy) is 2. The molecule has 0 saturated heterocycles. The van der Waals surface area contributed by atoms with E-state index in [-0.39, 0.29) is 5.91 Å². The summed E-state index contributed by atoms with van der Waals surface area (Å²) in [5.74, 6) is 0.780. The zero-order valence-electron chi connectivity index (χ0n) is 11.1. The van der Waals surface area contributed by atoms with Crippen LogP contribution in [0.5, 0.6) is 11.5 Å². The Morgan fingerprint density at radius 1 is 1.24 bits per heavy atom. The van der Waals surface area contributed by atoms with Gasteiger partial charge in [-0.2, -0.15) is 0 Å². The smallest absolute Gasteiger partial charge is 0.251 e. The lowest BCUT2D eigenvalue weighted by atomic mass is 10.1. The number of pyridine rings is 1. The Morgan fingerprint density at radius 3 is 2.81 bits per heavy atom. The summed E-state index contributed by atoms with van der Waals surface area (Å²) in [5, 5.41) is 3.20. The van der Waals surface area contributed by atoms with Gasteiger partial charge in [-0.15, -0.1) is 0 Å². The van der Waals surface area contributed by atoms with E-state index in [0.717, 1.165) is 5.56 Å². The number of hydrogen-bond donors (Lipinski definition) is 1. The van der Waals surface area contributed by atoms with Crippen LogP contribution in [0.1, 0.15) is 15.9 Å². The molecule has 0 saturated carbocycles. The lowest BCUT2D eigenvalue weighted by Crippen LogP contribution is -2.23. The van der Waals surface area contributed by atoms with Crippen molar-refractivity contribution in [2.75, 3.05) is 13.2 Å². The van der Waals surface area contributed by atoms with Crippen LogP contribution in [0, 0.1) is 0 Å². The Labute approximate surface area is 126 Å². The Morgan fingerprint density at radius 2 is 2.00 bits per heavy atom. The first kappa shape index (κ1) is 13.7. The number of carbonyl (C=O) groups is 1. The largest absolute Gasteiger partial charge is 0.486 e. The van der Waals surface area contributed by atoms with Gasteiger partial charge in [0.1, 0.15) is 13.2 Å². The van der Waals surface area contributed by atoms with E-state index >= 15 is 0 Å². The maximum absolute atomic E-state index is 12.2. The molecule has 1 N–H and O–H groups in total. The minimum absolute atomic E-state index is 0.217. The Kier molecular flexibility index (Phi) is 3.92. The van der Waals surface area contributed by atoms with E-state index in [1.165, 1.54) is 0 Å². The highest BCUT2D eigenvalue weighted by molar-refractivity contribution is 6.32. The number of fused-ring (bicyclic) bond motifs is 1. The topological polar surface area (TPSA) is 60.5 Å². The zero-order chi connectivity index (χ0) is 14.7. The van der Waals surface area contributed by atoms with Gasteiger partial charge in [-0.3, -0.25) is 9.78 Å². The summed E-state index contributed by atoms with van der Waals surface area (Å²) in [7, 11) is 0. The fourth-order valence-electron chi connectivity index (χ4n) is 2.03. The van der Waals surface area contributed by atoms with Crippen LogP contribution < -0.4 is 14.8 Å². The van der Waals surface area contributed by atoms with Crippen LogP contribution in [0.4, 0.5) is 0 Å². The van der Waals surface area contributed by atoms with E-state index in [1.807, 2.05) is 12.1 Å². The molecule has 0 aliphatic carbocycles. The second-order valence-electron chi connectivity index (χ2n) is 4.52. The van der Waals surface area contributed by atoms with Gasteiger partial charge in [-0.05, 0) is 29.8 Å². The number of nitrogens with zero attached hydrogens (tertiary/aromatic N) is 1. The molecule has 1 aliphatic heterocycles. The predicted octanol–water partition coefficient (Wildman–Crippen LogP) is 2.44. The van der Waals surface area contributed by atoms with Crippen molar-refractivity contribution in [1.82, 2.24) is 10.3 Å². The quantitative estimate of drug-likeness (QED) is 0.946. The molecule has 0 atom stereocenters. The van der Waals surface area contributed by atoms with Crippen molar-refractivity contribution in [2.24, 2.45) is 0 Å². The van der Waals surface area contributed by atoms with Crippen molar-refractivity contribution in [3.8, 4) is 11.5 Å². The van der Waals surface area contributed by atoms with Crippen LogP contribution in [0.3, 0.4) is 0 Å². The summed E-state index contributed by atoms with van der Waals surface area (Å²) in [6, 6.07) is 6.91. The molecule has 1 aromatic carbocycles. The molecule has 0 radical (unpaired) electrons. The molecule has 108 valence electrons. The summed E-state index contributed by atoms with van der Waals surface area (Å²) >= 11 is 6.12. The molecule has 3 rings (SSSR count). The van der Waals surface area contributed by atoms with E-state index < -0.39 is 0 Å². The van der Waals surface area contributed by atoms with Crippen LogP contribution in [-0.4, -0.2) is 24.1 Å². The van der Waals surface area contributed by atoms with Crippen LogP contribution in [0.15, 0.2) is 36.7 Å². The number of hydrogen-bond acceptors (Lipinski definition) is 4. The number of nitrogens with one attached hydrogen (secondary N) is 1. The summed E-state index contributed by atoms with van der Waals surface area (Å²) in [6.07, 6.45) is 3.37. The first-order chi connectivity index (χ1) is 10.2. The van der Waals surface area contributed by atoms with Crippen molar-refractivity contribution in [1.29, 1.82) is 0 Å². The molecule has 0 bridgehead atoms. The van der Waals surface area contributed by atoms with Gasteiger partial charge < -0.3 is 14.8 Å². The van der Waals surface area contributed by atoms with Gasteiger partial charge in [0.2, 0.25) is 0 Å². The van der Waals surface area contributed by atoms with Gasteiger partial charge in [-0.25, -0.2) is 0 Å². The van der Waals surface area contributed by atoms with Gasteiger partial charge >= 0.3 is 0 Å². The highest BCUT2D eigenvalue weighted by Crippen LogP contribution is 2.38. The third-order valence-electron chi connectivity index (χ3n) is 3.06. The van der Waals surface area contributed by atoms with Crippen molar-refractivity contribution >= 4 is 17.5 Å². The molecule has 5 nitrogen and oxygen atoms in total. The Balaban J connectivity index is 1.74. The molecule has 0 fully saturated rings. The van der Waals surface area contributed by atoms with Crippen molar-refractivity contribution in [2.45, 2.75) is 6.54 Å². The molecule has 2 aromatic rings. The fraction of sp³-hybridized carbons (Fsp3) is 0.200. The van der Waals surface area contributed by atoms with Gasteiger partial charge in [0.05, 0.1) is 5.02 Å². The number of aromatic nitrogens is 1. The predicted molar refractivity (Wildman–Crippen MR) is 77.8 cm³/mol. The highest BCUT2D eigenvalue weighted by atomic mass is 35.5. The van der Waals surface area contributed by atoms with Gasteiger partial charge in [0.15, 0.2) is 11.5 Å². The highest BCUT2D eigenvalue weighted by Gasteiger charge is 2.19. The van der Waals surface area contributed by atoms with E-state index in [9.17, 15) is 4.79 Å². The fourth-order valence-corrected chi connectivity index (χ4v) is 2.29. The summed E-state index contributed by atoms with van der Waals surface area (Å²) in [4.78, 5) is 16.1. The van der Waals surface area contributed by atoms with Gasteiger partial charge in [-0.1, -0.05) is 11.6 Å². The third-order valence-corrected chi connectivity index (χ3v) is 3.34. The normalized spacial score (nSPS) is 12.8. The molecular formula is C15H13ClN2O3. The van der Waals surface area contributed by atoms with Gasteiger partial charge in [0.25, 0.3) is 5.91 Å². The minimum atomic E-state index is -0.217. The molecule has 0 spiro atoms. The van der Waals surface area contributed by atoms with Crippen LogP contribution in [0.25, 0.3) is 0 Å². The van der Waals surface area contributed by atoms with Crippen molar-refractivity contribution in [3.05, 3.63) is 52.8 Å². The van der Waals surface area contributed by atoms with E-state index in [1.54, 1.807) is 24.5 Å². The molecule has 1 aliphatic rings. The maximum atomic E-state index is 12.2. The summed E-state index contributed by atoms with van der Waals surface area (Å²) in [6.45, 7) is 1.33. The number of carbonyl (C=O) groups excluding carboxylic acids is 1. The molecule has 1 amide bonds. The molecule has 21 heavy (non-hydrogen) atoms. The monoisotopic (exact) mass is 304 g/mol. The van der Waals surface area contributed by atoms with Crippen molar-refractivity contribution in [3.63, 3.8) is 0 Å². The second kappa shape index (κ2) is 6.01. The first-order valence-corrected chi connectivity index (χ1v) is 6.88. The zero-order valence-corrected chi connectivity index (χ0v) is 11.9. The minimum Gasteiger partial charge on any atom is -0.486 e. The van der Waals surface area contributed by atoms with Crippen LogP contribution in [-0.2, 0) is 6.54 Å². The lowest BCUT2D eigenvalue weighted by Gasteiger charge is -2.20. The molecule has 0 unspecified atom stereocenters. The standard InChI is InChI=1S/C15H13ClN2O3/c16-12-7-11(8-13-14(12)21-6-5-20-13)15(19)18-9-10-1-3-17-4-2-10/h1-4,7-8H,5-6,9H2,(H,18,19). The average Bonchev–Trinajstić information content (AvgIpc) is 2.53. The van der Waals surface area contributed by atoms with Crippen molar-refractivity contribution < 1.29 is 14.3 Å².